The van der Waals surface area contributed by atoms with Crippen LogP contribution in [0, 0.1) is 0 Å². The van der Waals surface area contributed by atoms with Gasteiger partial charge in [-0.05, 0) is 46.0 Å². The molecule has 0 spiro atoms. The van der Waals surface area contributed by atoms with Gasteiger partial charge in [0.1, 0.15) is 5.01 Å². The van der Waals surface area contributed by atoms with Gasteiger partial charge in [0, 0.05) is 25.6 Å². The van der Waals surface area contributed by atoms with Crippen LogP contribution in [0.3, 0.4) is 0 Å². The molecule has 120 valence electrons. The Morgan fingerprint density at radius 2 is 2.05 bits per heavy atom. The van der Waals surface area contributed by atoms with Gasteiger partial charge in [-0.1, -0.05) is 0 Å². The Kier molecular flexibility index (Phi) is 6.17. The summed E-state index contributed by atoms with van der Waals surface area (Å²) in [7, 11) is 3.51. The van der Waals surface area contributed by atoms with Gasteiger partial charge in [0.05, 0.1) is 23.9 Å². The Morgan fingerprint density at radius 3 is 2.71 bits per heavy atom. The van der Waals surface area contributed by atoms with Crippen LogP contribution in [0.4, 0.5) is 0 Å². The highest BCUT2D eigenvalue weighted by Crippen LogP contribution is 2.33. The standard InChI is InChI=1S/C16H28N2O2S/c1-16(2,20-4)11-13(17-9-10-19-3)15-18-12-7-5-6-8-14(12)21-15/h13,17H,5-11H2,1-4H3. The number of fused-ring (bicyclic) bond motifs is 1. The van der Waals surface area contributed by atoms with E-state index in [9.17, 15) is 0 Å². The fourth-order valence-electron chi connectivity index (χ4n) is 2.68. The fourth-order valence-corrected chi connectivity index (χ4v) is 3.91. The van der Waals surface area contributed by atoms with E-state index in [1.165, 1.54) is 34.8 Å². The molecule has 0 bridgehead atoms. The van der Waals surface area contributed by atoms with E-state index >= 15 is 0 Å². The molecule has 1 aliphatic carbocycles. The summed E-state index contributed by atoms with van der Waals surface area (Å²) in [6, 6.07) is 0.241. The molecule has 0 radical (unpaired) electrons. The molecule has 1 heterocycles. The number of aryl methyl sites for hydroxylation is 2. The molecule has 1 aromatic rings. The summed E-state index contributed by atoms with van der Waals surface area (Å²) in [6.07, 6.45) is 5.84. The van der Waals surface area contributed by atoms with Crippen molar-refractivity contribution in [3.63, 3.8) is 0 Å². The summed E-state index contributed by atoms with van der Waals surface area (Å²) < 4.78 is 10.8. The molecule has 1 N–H and O–H groups in total. The molecule has 0 fully saturated rings. The van der Waals surface area contributed by atoms with Crippen molar-refractivity contribution >= 4 is 11.3 Å². The van der Waals surface area contributed by atoms with Crippen LogP contribution in [0.5, 0.6) is 0 Å². The van der Waals surface area contributed by atoms with Crippen LogP contribution >= 0.6 is 11.3 Å². The third-order valence-corrected chi connectivity index (χ3v) is 5.38. The van der Waals surface area contributed by atoms with E-state index in [2.05, 4.69) is 19.2 Å². The van der Waals surface area contributed by atoms with Crippen LogP contribution in [0.25, 0.3) is 0 Å². The minimum absolute atomic E-state index is 0.156. The predicted octanol–water partition coefficient (Wildman–Crippen LogP) is 3.11. The number of hydrogen-bond acceptors (Lipinski definition) is 5. The van der Waals surface area contributed by atoms with Crippen molar-refractivity contribution in [2.24, 2.45) is 0 Å². The Labute approximate surface area is 132 Å². The van der Waals surface area contributed by atoms with E-state index in [1.54, 1.807) is 14.2 Å². The molecule has 5 heteroatoms. The zero-order chi connectivity index (χ0) is 15.3. The molecule has 4 nitrogen and oxygen atoms in total. The molecule has 1 atom stereocenters. The minimum atomic E-state index is -0.156. The summed E-state index contributed by atoms with van der Waals surface area (Å²) in [5.74, 6) is 0. The molecule has 0 amide bonds. The van der Waals surface area contributed by atoms with Crippen LogP contribution < -0.4 is 5.32 Å². The van der Waals surface area contributed by atoms with Gasteiger partial charge in [0.15, 0.2) is 0 Å². The molecule has 1 aromatic heterocycles. The van der Waals surface area contributed by atoms with Gasteiger partial charge in [-0.2, -0.15) is 0 Å². The number of rotatable bonds is 8. The molecule has 0 saturated heterocycles. The lowest BCUT2D eigenvalue weighted by Crippen LogP contribution is -2.33. The molecule has 2 rings (SSSR count). The lowest BCUT2D eigenvalue weighted by molar-refractivity contribution is 0.00630. The van der Waals surface area contributed by atoms with Gasteiger partial charge < -0.3 is 14.8 Å². The van der Waals surface area contributed by atoms with Crippen LogP contribution in [0.2, 0.25) is 0 Å². The largest absolute Gasteiger partial charge is 0.383 e. The number of methoxy groups -OCH3 is 2. The van der Waals surface area contributed by atoms with Crippen LogP contribution in [-0.2, 0) is 22.3 Å². The Balaban J connectivity index is 2.11. The number of nitrogens with one attached hydrogen (secondary N) is 1. The van der Waals surface area contributed by atoms with Crippen molar-refractivity contribution in [3.8, 4) is 0 Å². The van der Waals surface area contributed by atoms with E-state index in [0.717, 1.165) is 26.0 Å². The van der Waals surface area contributed by atoms with Crippen molar-refractivity contribution < 1.29 is 9.47 Å². The van der Waals surface area contributed by atoms with E-state index in [-0.39, 0.29) is 11.6 Å². The quantitative estimate of drug-likeness (QED) is 0.749. The highest BCUT2D eigenvalue weighted by Gasteiger charge is 2.27. The highest BCUT2D eigenvalue weighted by molar-refractivity contribution is 7.11. The summed E-state index contributed by atoms with van der Waals surface area (Å²) >= 11 is 1.88. The SMILES string of the molecule is COCCNC(CC(C)(C)OC)c1nc2c(s1)CCCC2. The Hall–Kier alpha value is -0.490. The number of ether oxygens (including phenoxy) is 2. The predicted molar refractivity (Wildman–Crippen MR) is 87.1 cm³/mol. The number of thiazole rings is 1. The second-order valence-corrected chi connectivity index (χ2v) is 7.41. The third-order valence-electron chi connectivity index (χ3n) is 4.11. The van der Waals surface area contributed by atoms with Crippen molar-refractivity contribution in [2.45, 2.75) is 57.6 Å². The van der Waals surface area contributed by atoms with E-state index in [4.69, 9.17) is 14.5 Å². The van der Waals surface area contributed by atoms with Gasteiger partial charge in [-0.3, -0.25) is 0 Å². The molecule has 0 saturated carbocycles. The number of hydrogen-bond donors (Lipinski definition) is 1. The minimum Gasteiger partial charge on any atom is -0.383 e. The van der Waals surface area contributed by atoms with Crippen LogP contribution in [0.1, 0.15) is 54.7 Å². The van der Waals surface area contributed by atoms with Crippen molar-refractivity contribution in [2.75, 3.05) is 27.4 Å². The van der Waals surface area contributed by atoms with Crippen molar-refractivity contribution in [1.29, 1.82) is 0 Å². The van der Waals surface area contributed by atoms with E-state index < -0.39 is 0 Å². The first-order valence-electron chi connectivity index (χ1n) is 7.81. The van der Waals surface area contributed by atoms with Crippen LogP contribution in [0.15, 0.2) is 0 Å². The molecule has 1 aliphatic rings. The third kappa shape index (κ3) is 4.74. The first-order valence-corrected chi connectivity index (χ1v) is 8.63. The van der Waals surface area contributed by atoms with Gasteiger partial charge >= 0.3 is 0 Å². The first kappa shape index (κ1) is 16.9. The first-order chi connectivity index (χ1) is 10.1. The van der Waals surface area contributed by atoms with Gasteiger partial charge in [-0.15, -0.1) is 11.3 Å². The summed E-state index contributed by atoms with van der Waals surface area (Å²) in [5, 5.41) is 4.79. The topological polar surface area (TPSA) is 43.4 Å². The van der Waals surface area contributed by atoms with Gasteiger partial charge in [-0.25, -0.2) is 4.98 Å². The molecule has 0 aliphatic heterocycles. The second kappa shape index (κ2) is 7.68. The summed E-state index contributed by atoms with van der Waals surface area (Å²) in [6.45, 7) is 5.82. The maximum Gasteiger partial charge on any atom is 0.110 e. The average molecular weight is 312 g/mol. The zero-order valence-corrected chi connectivity index (χ0v) is 14.5. The fraction of sp³-hybridized carbons (Fsp3) is 0.812. The highest BCUT2D eigenvalue weighted by atomic mass is 32.1. The lowest BCUT2D eigenvalue weighted by atomic mass is 9.99. The summed E-state index contributed by atoms with van der Waals surface area (Å²) in [4.78, 5) is 6.40. The van der Waals surface area contributed by atoms with E-state index in [0.29, 0.717) is 0 Å². The van der Waals surface area contributed by atoms with Gasteiger partial charge in [0.2, 0.25) is 0 Å². The smallest absolute Gasteiger partial charge is 0.110 e. The number of aromatic nitrogens is 1. The zero-order valence-electron chi connectivity index (χ0n) is 13.7. The molecule has 0 aromatic carbocycles. The maximum atomic E-state index is 5.60. The van der Waals surface area contributed by atoms with E-state index in [1.807, 2.05) is 11.3 Å². The monoisotopic (exact) mass is 312 g/mol. The maximum absolute atomic E-state index is 5.60. The molecular formula is C16H28N2O2S. The normalized spacial score (nSPS) is 16.8. The van der Waals surface area contributed by atoms with Crippen LogP contribution in [-0.4, -0.2) is 38.0 Å². The molecule has 21 heavy (non-hydrogen) atoms. The Morgan fingerprint density at radius 1 is 1.29 bits per heavy atom. The second-order valence-electron chi connectivity index (χ2n) is 6.30. The van der Waals surface area contributed by atoms with Crippen molar-refractivity contribution in [3.05, 3.63) is 15.6 Å². The van der Waals surface area contributed by atoms with Crippen molar-refractivity contribution in [1.82, 2.24) is 10.3 Å². The summed E-state index contributed by atoms with van der Waals surface area (Å²) in [5.41, 5.74) is 1.17. The average Bonchev–Trinajstić information content (AvgIpc) is 2.90. The lowest BCUT2D eigenvalue weighted by Gasteiger charge is -2.28. The number of nitrogens with zero attached hydrogens (tertiary/aromatic N) is 1. The molecular weight excluding hydrogens is 284 g/mol. The van der Waals surface area contributed by atoms with Gasteiger partial charge in [0.25, 0.3) is 0 Å². The Bertz CT molecular complexity index is 422. The molecule has 1 unspecified atom stereocenters.